The highest BCUT2D eigenvalue weighted by atomic mass is 16.3. The summed E-state index contributed by atoms with van der Waals surface area (Å²) in [7, 11) is 0. The van der Waals surface area contributed by atoms with Crippen molar-refractivity contribution >= 4 is 11.0 Å². The van der Waals surface area contributed by atoms with Crippen LogP contribution in [0.5, 0.6) is 0 Å². The Labute approximate surface area is 104 Å². The molecular formula is C13H15N3O2. The van der Waals surface area contributed by atoms with Gasteiger partial charge in [0, 0.05) is 19.6 Å². The van der Waals surface area contributed by atoms with Crippen LogP contribution in [-0.2, 0) is 6.54 Å². The number of nitrogens with one attached hydrogen (secondary N) is 1. The smallest absolute Gasteiger partial charge is 0.271 e. The van der Waals surface area contributed by atoms with Crippen LogP contribution in [0.3, 0.4) is 0 Å². The normalized spacial score (nSPS) is 20.6. The van der Waals surface area contributed by atoms with Crippen LogP contribution in [0.2, 0.25) is 0 Å². The number of β-amino-alcohol motifs (C(OH)–C–C–N with tert-alkyl or cyclic N) is 1. The van der Waals surface area contributed by atoms with Gasteiger partial charge in [-0.1, -0.05) is 12.1 Å². The quantitative estimate of drug-likeness (QED) is 0.808. The molecule has 2 N–H and O–H groups in total. The number of H-pyrrole nitrogens is 1. The van der Waals surface area contributed by atoms with Gasteiger partial charge in [-0.3, -0.25) is 9.69 Å². The van der Waals surface area contributed by atoms with Gasteiger partial charge < -0.3 is 10.1 Å². The zero-order valence-corrected chi connectivity index (χ0v) is 9.97. The summed E-state index contributed by atoms with van der Waals surface area (Å²) in [4.78, 5) is 21.2. The second-order valence-electron chi connectivity index (χ2n) is 4.71. The lowest BCUT2D eigenvalue weighted by molar-refractivity contribution is 0.174. The molecule has 18 heavy (non-hydrogen) atoms. The van der Waals surface area contributed by atoms with Gasteiger partial charge in [0.15, 0.2) is 0 Å². The van der Waals surface area contributed by atoms with Gasteiger partial charge in [0.1, 0.15) is 5.69 Å². The molecule has 1 fully saturated rings. The van der Waals surface area contributed by atoms with E-state index in [0.29, 0.717) is 18.8 Å². The molecule has 1 aliphatic rings. The van der Waals surface area contributed by atoms with Crippen LogP contribution >= 0.6 is 0 Å². The first-order valence-electron chi connectivity index (χ1n) is 6.11. The number of aliphatic hydroxyl groups is 1. The maximum Gasteiger partial charge on any atom is 0.271 e. The number of likely N-dealkylation sites (tertiary alicyclic amines) is 1. The first-order valence-corrected chi connectivity index (χ1v) is 6.11. The molecule has 5 nitrogen and oxygen atoms in total. The Kier molecular flexibility index (Phi) is 2.85. The third kappa shape index (κ3) is 2.14. The molecule has 1 saturated heterocycles. The number of aromatic nitrogens is 2. The molecular weight excluding hydrogens is 230 g/mol. The van der Waals surface area contributed by atoms with Crippen molar-refractivity contribution in [1.29, 1.82) is 0 Å². The minimum absolute atomic E-state index is 0.143. The number of aromatic amines is 1. The van der Waals surface area contributed by atoms with Gasteiger partial charge in [0.2, 0.25) is 0 Å². The van der Waals surface area contributed by atoms with Crippen LogP contribution in [0, 0.1) is 0 Å². The molecule has 3 rings (SSSR count). The van der Waals surface area contributed by atoms with Crippen LogP contribution in [-0.4, -0.2) is 39.2 Å². The van der Waals surface area contributed by atoms with E-state index in [1.165, 1.54) is 0 Å². The molecule has 0 radical (unpaired) electrons. The van der Waals surface area contributed by atoms with E-state index in [9.17, 15) is 9.90 Å². The van der Waals surface area contributed by atoms with E-state index in [0.717, 1.165) is 24.0 Å². The average molecular weight is 245 g/mol. The molecule has 0 unspecified atom stereocenters. The van der Waals surface area contributed by atoms with Crippen LogP contribution < -0.4 is 5.56 Å². The van der Waals surface area contributed by atoms with Gasteiger partial charge in [0.05, 0.1) is 17.1 Å². The fourth-order valence-corrected chi connectivity index (χ4v) is 2.34. The fraction of sp³-hybridized carbons (Fsp3) is 0.385. The molecule has 0 saturated carbocycles. The minimum Gasteiger partial charge on any atom is -0.392 e. The van der Waals surface area contributed by atoms with E-state index in [4.69, 9.17) is 0 Å². The molecule has 1 atom stereocenters. The largest absolute Gasteiger partial charge is 0.392 e. The molecule has 1 aliphatic heterocycles. The summed E-state index contributed by atoms with van der Waals surface area (Å²) in [6, 6.07) is 7.49. The number of benzene rings is 1. The van der Waals surface area contributed by atoms with Gasteiger partial charge in [-0.25, -0.2) is 4.98 Å². The van der Waals surface area contributed by atoms with Gasteiger partial charge in [-0.15, -0.1) is 0 Å². The van der Waals surface area contributed by atoms with Crippen LogP contribution in [0.1, 0.15) is 12.1 Å². The van der Waals surface area contributed by atoms with E-state index in [1.807, 2.05) is 24.3 Å². The van der Waals surface area contributed by atoms with Crippen molar-refractivity contribution in [2.75, 3.05) is 13.1 Å². The van der Waals surface area contributed by atoms with E-state index >= 15 is 0 Å². The molecule has 2 aromatic rings. The Balaban J connectivity index is 1.92. The lowest BCUT2D eigenvalue weighted by atomic mass is 10.3. The van der Waals surface area contributed by atoms with Gasteiger partial charge in [-0.05, 0) is 18.6 Å². The fourth-order valence-electron chi connectivity index (χ4n) is 2.34. The van der Waals surface area contributed by atoms with Crippen molar-refractivity contribution in [1.82, 2.24) is 14.9 Å². The first kappa shape index (κ1) is 11.4. The number of aliphatic hydroxyl groups excluding tert-OH is 1. The van der Waals surface area contributed by atoms with E-state index in [-0.39, 0.29) is 11.7 Å². The molecule has 1 aromatic carbocycles. The van der Waals surface area contributed by atoms with Crippen molar-refractivity contribution < 1.29 is 5.11 Å². The third-order valence-corrected chi connectivity index (χ3v) is 3.29. The van der Waals surface area contributed by atoms with Crippen LogP contribution in [0.25, 0.3) is 11.0 Å². The zero-order valence-electron chi connectivity index (χ0n) is 9.97. The highest BCUT2D eigenvalue weighted by Gasteiger charge is 2.21. The standard InChI is InChI=1S/C13H15N3O2/c17-9-5-6-16(7-9)8-12-13(18)15-11-4-2-1-3-10(11)14-12/h1-4,9,17H,5-8H2,(H,15,18)/t9-/m0/s1. The molecule has 5 heteroatoms. The van der Waals surface area contributed by atoms with Crippen molar-refractivity contribution in [3.63, 3.8) is 0 Å². The topological polar surface area (TPSA) is 69.2 Å². The van der Waals surface area contributed by atoms with Crippen molar-refractivity contribution in [2.24, 2.45) is 0 Å². The predicted molar refractivity (Wildman–Crippen MR) is 68.3 cm³/mol. The number of para-hydroxylation sites is 2. The summed E-state index contributed by atoms with van der Waals surface area (Å²) in [5, 5.41) is 9.47. The monoisotopic (exact) mass is 245 g/mol. The molecule has 0 amide bonds. The van der Waals surface area contributed by atoms with Gasteiger partial charge in [-0.2, -0.15) is 0 Å². The predicted octanol–water partition coefficient (Wildman–Crippen LogP) is 0.490. The summed E-state index contributed by atoms with van der Waals surface area (Å²) in [6.07, 6.45) is 0.496. The number of fused-ring (bicyclic) bond motifs is 1. The van der Waals surface area contributed by atoms with Gasteiger partial charge >= 0.3 is 0 Å². The highest BCUT2D eigenvalue weighted by Crippen LogP contribution is 2.12. The molecule has 1 aromatic heterocycles. The van der Waals surface area contributed by atoms with E-state index < -0.39 is 0 Å². The molecule has 0 spiro atoms. The average Bonchev–Trinajstić information content (AvgIpc) is 2.76. The van der Waals surface area contributed by atoms with Gasteiger partial charge in [0.25, 0.3) is 5.56 Å². The van der Waals surface area contributed by atoms with Crippen LogP contribution in [0.4, 0.5) is 0 Å². The third-order valence-electron chi connectivity index (χ3n) is 3.29. The molecule has 2 heterocycles. The molecule has 0 aliphatic carbocycles. The van der Waals surface area contributed by atoms with Crippen LogP contribution in [0.15, 0.2) is 29.1 Å². The Morgan fingerprint density at radius 3 is 3.06 bits per heavy atom. The lowest BCUT2D eigenvalue weighted by Gasteiger charge is -2.13. The molecule has 94 valence electrons. The Hall–Kier alpha value is -1.72. The highest BCUT2D eigenvalue weighted by molar-refractivity contribution is 5.73. The summed E-state index contributed by atoms with van der Waals surface area (Å²) < 4.78 is 0. The lowest BCUT2D eigenvalue weighted by Crippen LogP contribution is -2.27. The Morgan fingerprint density at radius 1 is 1.44 bits per heavy atom. The first-order chi connectivity index (χ1) is 8.72. The number of nitrogens with zero attached hydrogens (tertiary/aromatic N) is 2. The number of hydrogen-bond acceptors (Lipinski definition) is 4. The Morgan fingerprint density at radius 2 is 2.28 bits per heavy atom. The number of rotatable bonds is 2. The van der Waals surface area contributed by atoms with Crippen molar-refractivity contribution in [3.8, 4) is 0 Å². The summed E-state index contributed by atoms with van der Waals surface area (Å²) >= 11 is 0. The number of hydrogen-bond donors (Lipinski definition) is 2. The minimum atomic E-state index is -0.274. The maximum atomic E-state index is 11.9. The second kappa shape index (κ2) is 4.51. The Bertz CT molecular complexity index is 623. The second-order valence-corrected chi connectivity index (χ2v) is 4.71. The zero-order chi connectivity index (χ0) is 12.5. The maximum absolute atomic E-state index is 11.9. The summed E-state index contributed by atoms with van der Waals surface area (Å²) in [5.74, 6) is 0. The van der Waals surface area contributed by atoms with E-state index in [1.54, 1.807) is 0 Å². The van der Waals surface area contributed by atoms with Crippen molar-refractivity contribution in [2.45, 2.75) is 19.1 Å². The SMILES string of the molecule is O=c1[nH]c2ccccc2nc1CN1CC[C@H](O)C1. The van der Waals surface area contributed by atoms with Crippen molar-refractivity contribution in [3.05, 3.63) is 40.3 Å². The summed E-state index contributed by atoms with van der Waals surface area (Å²) in [6.45, 7) is 1.93. The molecule has 0 bridgehead atoms. The van der Waals surface area contributed by atoms with E-state index in [2.05, 4.69) is 14.9 Å². The summed E-state index contributed by atoms with van der Waals surface area (Å²) in [5.41, 5.74) is 1.93.